The van der Waals surface area contributed by atoms with E-state index in [1.165, 1.54) is 6.33 Å². The van der Waals surface area contributed by atoms with Crippen molar-refractivity contribution in [1.82, 2.24) is 29.3 Å². The van der Waals surface area contributed by atoms with Crippen LogP contribution in [0.4, 0.5) is 5.82 Å². The molecule has 1 aromatic carbocycles. The molecule has 5 rings (SSSR count). The number of benzene rings is 1. The van der Waals surface area contributed by atoms with Crippen molar-refractivity contribution in [2.45, 2.75) is 26.3 Å². The predicted molar refractivity (Wildman–Crippen MR) is 113 cm³/mol. The van der Waals surface area contributed by atoms with E-state index in [2.05, 4.69) is 64.6 Å². The first kappa shape index (κ1) is 16.9. The summed E-state index contributed by atoms with van der Waals surface area (Å²) < 4.78 is 4.01. The fourth-order valence-electron chi connectivity index (χ4n) is 3.42. The van der Waals surface area contributed by atoms with E-state index in [1.54, 1.807) is 11.3 Å². The Bertz CT molecular complexity index is 1310. The zero-order valence-corrected chi connectivity index (χ0v) is 16.6. The van der Waals surface area contributed by atoms with Gasteiger partial charge in [0.2, 0.25) is 0 Å². The molecule has 0 aliphatic heterocycles. The van der Waals surface area contributed by atoms with E-state index in [1.807, 2.05) is 22.5 Å². The molecule has 0 radical (unpaired) electrons. The van der Waals surface area contributed by atoms with E-state index < -0.39 is 0 Å². The summed E-state index contributed by atoms with van der Waals surface area (Å²) in [6.07, 6.45) is 5.34. The summed E-state index contributed by atoms with van der Waals surface area (Å²) in [7, 11) is 0. The summed E-state index contributed by atoms with van der Waals surface area (Å²) >= 11 is 1.60. The summed E-state index contributed by atoms with van der Waals surface area (Å²) in [5, 5.41) is 9.71. The maximum absolute atomic E-state index is 6.23. The number of fused-ring (bicyclic) bond motifs is 2. The average molecular weight is 389 g/mol. The van der Waals surface area contributed by atoms with Crippen LogP contribution in [0.3, 0.4) is 0 Å². The van der Waals surface area contributed by atoms with Crippen molar-refractivity contribution < 1.29 is 0 Å². The van der Waals surface area contributed by atoms with Crippen molar-refractivity contribution in [1.29, 1.82) is 0 Å². The second-order valence-corrected chi connectivity index (χ2v) is 8.54. The maximum Gasteiger partial charge on any atom is 0.193 e. The Morgan fingerprint density at radius 2 is 1.93 bits per heavy atom. The lowest BCUT2D eigenvalue weighted by Gasteiger charge is -2.19. The highest BCUT2D eigenvalue weighted by Gasteiger charge is 2.24. The summed E-state index contributed by atoms with van der Waals surface area (Å²) in [4.78, 5) is 13.1. The third-order valence-corrected chi connectivity index (χ3v) is 5.49. The predicted octanol–water partition coefficient (Wildman–Crippen LogP) is 4.23. The van der Waals surface area contributed by atoms with E-state index in [0.29, 0.717) is 5.82 Å². The van der Waals surface area contributed by atoms with Crippen LogP contribution in [-0.4, -0.2) is 29.3 Å². The van der Waals surface area contributed by atoms with Gasteiger partial charge >= 0.3 is 0 Å². The van der Waals surface area contributed by atoms with E-state index >= 15 is 0 Å². The van der Waals surface area contributed by atoms with Crippen molar-refractivity contribution in [2.24, 2.45) is 0 Å². The molecule has 0 saturated carbocycles. The van der Waals surface area contributed by atoms with Crippen molar-refractivity contribution in [3.63, 3.8) is 0 Å². The normalized spacial score (nSPS) is 12.2. The number of hydrogen-bond acceptors (Lipinski definition) is 6. The van der Waals surface area contributed by atoms with Crippen LogP contribution in [0.25, 0.3) is 38.3 Å². The third-order valence-electron chi connectivity index (χ3n) is 4.72. The third kappa shape index (κ3) is 2.49. The Balaban J connectivity index is 1.79. The molecule has 28 heavy (non-hydrogen) atoms. The summed E-state index contributed by atoms with van der Waals surface area (Å²) in [6.45, 7) is 6.29. The quantitative estimate of drug-likeness (QED) is 0.488. The van der Waals surface area contributed by atoms with Crippen molar-refractivity contribution in [3.8, 4) is 16.4 Å². The van der Waals surface area contributed by atoms with Crippen molar-refractivity contribution in [3.05, 3.63) is 48.4 Å². The van der Waals surface area contributed by atoms with Gasteiger partial charge in [-0.1, -0.05) is 12.1 Å². The molecule has 0 atom stereocenters. The lowest BCUT2D eigenvalue weighted by molar-refractivity contribution is 0.367. The standard InChI is InChI=1S/C20H19N7S/c1-20(2,3)27-18-15(17(21)23-11-24-18)16(25-27)13-5-4-12-6-8-26(14(12)10-13)19-22-7-9-28-19/h4-11H,1-3H3,(H2,21,23,24). The molecule has 7 nitrogen and oxygen atoms in total. The Labute approximate surface area is 165 Å². The minimum absolute atomic E-state index is 0.234. The van der Waals surface area contributed by atoms with Crippen LogP contribution in [0.15, 0.2) is 48.4 Å². The monoisotopic (exact) mass is 389 g/mol. The van der Waals surface area contributed by atoms with Crippen molar-refractivity contribution >= 4 is 39.1 Å². The molecule has 4 heterocycles. The van der Waals surface area contributed by atoms with Gasteiger partial charge in [0.15, 0.2) is 10.8 Å². The first-order chi connectivity index (χ1) is 13.4. The van der Waals surface area contributed by atoms with Gasteiger partial charge in [-0.05, 0) is 32.9 Å². The highest BCUT2D eigenvalue weighted by Crippen LogP contribution is 2.34. The summed E-state index contributed by atoms with van der Waals surface area (Å²) in [5.41, 5.74) is 9.57. The SMILES string of the molecule is CC(C)(C)n1nc(-c2ccc3ccn(-c4nccs4)c3c2)c2c(N)ncnc21. The summed E-state index contributed by atoms with van der Waals surface area (Å²) in [6, 6.07) is 8.37. The number of hydrogen-bond donors (Lipinski definition) is 1. The fourth-order valence-corrected chi connectivity index (χ4v) is 4.06. The minimum Gasteiger partial charge on any atom is -0.383 e. The molecular formula is C20H19N7S. The number of nitrogen functional groups attached to an aromatic ring is 1. The molecule has 0 bridgehead atoms. The molecule has 0 aliphatic rings. The van der Waals surface area contributed by atoms with Gasteiger partial charge in [-0.2, -0.15) is 5.10 Å². The second-order valence-electron chi connectivity index (χ2n) is 7.66. The van der Waals surface area contributed by atoms with Crippen molar-refractivity contribution in [2.75, 3.05) is 5.73 Å². The molecule has 2 N–H and O–H groups in total. The van der Waals surface area contributed by atoms with Gasteiger partial charge in [0.25, 0.3) is 0 Å². The van der Waals surface area contributed by atoms with Gasteiger partial charge in [0.1, 0.15) is 17.8 Å². The van der Waals surface area contributed by atoms with Gasteiger partial charge in [0, 0.05) is 28.7 Å². The summed E-state index contributed by atoms with van der Waals surface area (Å²) in [5.74, 6) is 0.436. The topological polar surface area (TPSA) is 87.4 Å². The molecule has 0 amide bonds. The molecule has 0 fully saturated rings. The van der Waals surface area contributed by atoms with Crippen LogP contribution in [0.1, 0.15) is 20.8 Å². The van der Waals surface area contributed by atoms with Crippen LogP contribution >= 0.6 is 11.3 Å². The number of rotatable bonds is 2. The van der Waals surface area contributed by atoms with Crippen LogP contribution in [0, 0.1) is 0 Å². The molecule has 5 aromatic rings. The van der Waals surface area contributed by atoms with Crippen LogP contribution in [-0.2, 0) is 5.54 Å². The minimum atomic E-state index is -0.234. The van der Waals surface area contributed by atoms with Crippen LogP contribution in [0.2, 0.25) is 0 Å². The van der Waals surface area contributed by atoms with Gasteiger partial charge in [-0.15, -0.1) is 11.3 Å². The first-order valence-electron chi connectivity index (χ1n) is 8.94. The highest BCUT2D eigenvalue weighted by atomic mass is 32.1. The van der Waals surface area contributed by atoms with Crippen LogP contribution in [0.5, 0.6) is 0 Å². The molecule has 0 aliphatic carbocycles. The largest absolute Gasteiger partial charge is 0.383 e. The molecule has 0 saturated heterocycles. The molecular weight excluding hydrogens is 370 g/mol. The van der Waals surface area contributed by atoms with E-state index in [4.69, 9.17) is 10.8 Å². The molecule has 0 spiro atoms. The second kappa shape index (κ2) is 5.87. The molecule has 140 valence electrons. The number of nitrogens with zero attached hydrogens (tertiary/aromatic N) is 6. The van der Waals surface area contributed by atoms with E-state index in [-0.39, 0.29) is 5.54 Å². The number of thiazole rings is 1. The Morgan fingerprint density at radius 1 is 1.07 bits per heavy atom. The maximum atomic E-state index is 6.23. The fraction of sp³-hybridized carbons (Fsp3) is 0.200. The number of nitrogens with two attached hydrogens (primary N) is 1. The zero-order valence-electron chi connectivity index (χ0n) is 15.8. The Morgan fingerprint density at radius 3 is 2.68 bits per heavy atom. The van der Waals surface area contributed by atoms with Crippen LogP contribution < -0.4 is 5.73 Å². The zero-order chi connectivity index (χ0) is 19.5. The van der Waals surface area contributed by atoms with Gasteiger partial charge in [-0.25, -0.2) is 19.6 Å². The molecule has 0 unspecified atom stereocenters. The molecule has 4 aromatic heterocycles. The highest BCUT2D eigenvalue weighted by molar-refractivity contribution is 7.12. The Kier molecular flexibility index (Phi) is 3.54. The Hall–Kier alpha value is -3.26. The molecule has 8 heteroatoms. The van der Waals surface area contributed by atoms with E-state index in [0.717, 1.165) is 38.3 Å². The first-order valence-corrected chi connectivity index (χ1v) is 9.82. The van der Waals surface area contributed by atoms with Gasteiger partial charge in [0.05, 0.1) is 16.4 Å². The van der Waals surface area contributed by atoms with E-state index in [9.17, 15) is 0 Å². The number of aromatic nitrogens is 6. The average Bonchev–Trinajstić information content (AvgIpc) is 3.38. The van der Waals surface area contributed by atoms with Gasteiger partial charge in [-0.3, -0.25) is 4.57 Å². The number of anilines is 1. The lowest BCUT2D eigenvalue weighted by Crippen LogP contribution is -2.23. The lowest BCUT2D eigenvalue weighted by atomic mass is 10.1. The smallest absolute Gasteiger partial charge is 0.193 e. The van der Waals surface area contributed by atoms with Gasteiger partial charge < -0.3 is 5.73 Å².